The lowest BCUT2D eigenvalue weighted by Crippen LogP contribution is -2.25. The van der Waals surface area contributed by atoms with Crippen LogP contribution in [0.5, 0.6) is 0 Å². The quantitative estimate of drug-likeness (QED) is 0.743. The molecule has 1 aromatic rings. The third kappa shape index (κ3) is 2.29. The topological polar surface area (TPSA) is 40.5 Å². The summed E-state index contributed by atoms with van der Waals surface area (Å²) in [6.45, 7) is 3.65. The Kier molecular flexibility index (Phi) is 3.07. The Labute approximate surface area is 78.8 Å². The fourth-order valence-corrected chi connectivity index (χ4v) is 1.17. The molecule has 0 aliphatic rings. The molecule has 0 fully saturated rings. The number of aliphatic hydroxyl groups excluding tert-OH is 2. The first kappa shape index (κ1) is 10.2. The predicted molar refractivity (Wildman–Crippen MR) is 52.3 cm³/mol. The van der Waals surface area contributed by atoms with E-state index in [2.05, 4.69) is 0 Å². The first-order valence-corrected chi connectivity index (χ1v) is 4.42. The van der Waals surface area contributed by atoms with Crippen molar-refractivity contribution < 1.29 is 10.2 Å². The highest BCUT2D eigenvalue weighted by atomic mass is 16.3. The lowest BCUT2D eigenvalue weighted by atomic mass is 9.83. The molecule has 0 heterocycles. The smallest absolute Gasteiger partial charge is 0.0862 e. The van der Waals surface area contributed by atoms with Crippen LogP contribution in [0.15, 0.2) is 30.3 Å². The minimum absolute atomic E-state index is 0.0247. The zero-order valence-corrected chi connectivity index (χ0v) is 8.07. The van der Waals surface area contributed by atoms with Crippen molar-refractivity contribution in [2.75, 3.05) is 6.61 Å². The minimum Gasteiger partial charge on any atom is -0.396 e. The zero-order valence-electron chi connectivity index (χ0n) is 8.07. The second kappa shape index (κ2) is 3.90. The second-order valence-electron chi connectivity index (χ2n) is 3.96. The van der Waals surface area contributed by atoms with Crippen LogP contribution in [0, 0.1) is 5.41 Å². The van der Waals surface area contributed by atoms with Crippen LogP contribution in [-0.4, -0.2) is 16.8 Å². The lowest BCUT2D eigenvalue weighted by Gasteiger charge is -2.28. The molecule has 0 aromatic heterocycles. The summed E-state index contributed by atoms with van der Waals surface area (Å²) in [6, 6.07) is 9.39. The van der Waals surface area contributed by atoms with Gasteiger partial charge in [0.15, 0.2) is 0 Å². The van der Waals surface area contributed by atoms with E-state index < -0.39 is 11.5 Å². The van der Waals surface area contributed by atoms with Crippen LogP contribution in [0.25, 0.3) is 0 Å². The van der Waals surface area contributed by atoms with Crippen molar-refractivity contribution in [1.29, 1.82) is 0 Å². The molecule has 2 heteroatoms. The Bertz CT molecular complexity index is 254. The van der Waals surface area contributed by atoms with E-state index in [-0.39, 0.29) is 6.61 Å². The molecule has 0 aliphatic heterocycles. The first-order valence-electron chi connectivity index (χ1n) is 4.42. The van der Waals surface area contributed by atoms with Gasteiger partial charge < -0.3 is 10.2 Å². The summed E-state index contributed by atoms with van der Waals surface area (Å²) in [5.41, 5.74) is 0.364. The number of rotatable bonds is 3. The van der Waals surface area contributed by atoms with Gasteiger partial charge in [0.05, 0.1) is 12.7 Å². The van der Waals surface area contributed by atoms with Crippen molar-refractivity contribution in [3.8, 4) is 0 Å². The highest BCUT2D eigenvalue weighted by Crippen LogP contribution is 2.32. The molecule has 2 nitrogen and oxygen atoms in total. The summed E-state index contributed by atoms with van der Waals surface area (Å²) < 4.78 is 0. The molecule has 1 rings (SSSR count). The van der Waals surface area contributed by atoms with Crippen molar-refractivity contribution in [2.24, 2.45) is 5.41 Å². The molecule has 0 amide bonds. The van der Waals surface area contributed by atoms with E-state index in [1.165, 1.54) is 0 Å². The first-order chi connectivity index (χ1) is 6.08. The molecule has 0 saturated carbocycles. The number of hydrogen-bond donors (Lipinski definition) is 2. The fraction of sp³-hybridized carbons (Fsp3) is 0.455. The van der Waals surface area contributed by atoms with Gasteiger partial charge in [-0.1, -0.05) is 44.2 Å². The summed E-state index contributed by atoms with van der Waals surface area (Å²) >= 11 is 0. The van der Waals surface area contributed by atoms with Crippen molar-refractivity contribution >= 4 is 0 Å². The second-order valence-corrected chi connectivity index (χ2v) is 3.96. The van der Waals surface area contributed by atoms with Crippen molar-refractivity contribution in [3.63, 3.8) is 0 Å². The van der Waals surface area contributed by atoms with Gasteiger partial charge in [-0.3, -0.25) is 0 Å². The van der Waals surface area contributed by atoms with Crippen molar-refractivity contribution in [3.05, 3.63) is 35.9 Å². The maximum Gasteiger partial charge on any atom is 0.0862 e. The van der Waals surface area contributed by atoms with Crippen molar-refractivity contribution in [1.82, 2.24) is 0 Å². The van der Waals surface area contributed by atoms with Gasteiger partial charge in [0.2, 0.25) is 0 Å². The molecule has 0 radical (unpaired) electrons. The predicted octanol–water partition coefficient (Wildman–Crippen LogP) is 1.74. The highest BCUT2D eigenvalue weighted by molar-refractivity contribution is 5.19. The number of aliphatic hydroxyl groups is 2. The van der Waals surface area contributed by atoms with Gasteiger partial charge >= 0.3 is 0 Å². The molecule has 1 aromatic carbocycles. The van der Waals surface area contributed by atoms with Gasteiger partial charge in [0, 0.05) is 5.41 Å². The maximum absolute atomic E-state index is 9.89. The molecule has 0 unspecified atom stereocenters. The average Bonchev–Trinajstić information content (AvgIpc) is 2.18. The molecule has 0 spiro atoms. The molecule has 0 bridgehead atoms. The molecule has 0 aliphatic carbocycles. The lowest BCUT2D eigenvalue weighted by molar-refractivity contribution is 0.00638. The van der Waals surface area contributed by atoms with Crippen LogP contribution in [0.3, 0.4) is 0 Å². The summed E-state index contributed by atoms with van der Waals surface area (Å²) in [6.07, 6.45) is -0.612. The largest absolute Gasteiger partial charge is 0.396 e. The third-order valence-corrected chi connectivity index (χ3v) is 2.26. The summed E-state index contributed by atoms with van der Waals surface area (Å²) in [5.74, 6) is 0. The van der Waals surface area contributed by atoms with Gasteiger partial charge in [-0.25, -0.2) is 0 Å². The van der Waals surface area contributed by atoms with Crippen LogP contribution in [-0.2, 0) is 0 Å². The van der Waals surface area contributed by atoms with Crippen LogP contribution >= 0.6 is 0 Å². The Morgan fingerprint density at radius 3 is 2.23 bits per heavy atom. The van der Waals surface area contributed by atoms with E-state index in [1.807, 2.05) is 44.2 Å². The van der Waals surface area contributed by atoms with Crippen LogP contribution in [0.4, 0.5) is 0 Å². The highest BCUT2D eigenvalue weighted by Gasteiger charge is 2.27. The molecule has 0 saturated heterocycles. The van der Waals surface area contributed by atoms with Gasteiger partial charge in [-0.05, 0) is 5.56 Å². The summed E-state index contributed by atoms with van der Waals surface area (Å²) in [5, 5.41) is 19.0. The normalized spacial score (nSPS) is 14.2. The van der Waals surface area contributed by atoms with E-state index >= 15 is 0 Å². The van der Waals surface area contributed by atoms with Gasteiger partial charge in [0.25, 0.3) is 0 Å². The Balaban J connectivity index is 2.85. The monoisotopic (exact) mass is 180 g/mol. The number of hydrogen-bond acceptors (Lipinski definition) is 2. The van der Waals surface area contributed by atoms with Gasteiger partial charge in [-0.15, -0.1) is 0 Å². The standard InChI is InChI=1S/C11H16O2/c1-11(2,8-12)10(13)9-6-4-3-5-7-9/h3-7,10,12-13H,8H2,1-2H3/t10-/m0/s1. The molecular weight excluding hydrogens is 164 g/mol. The van der Waals surface area contributed by atoms with Crippen LogP contribution < -0.4 is 0 Å². The fourth-order valence-electron chi connectivity index (χ4n) is 1.17. The molecular formula is C11H16O2. The van der Waals surface area contributed by atoms with E-state index in [9.17, 15) is 5.11 Å². The van der Waals surface area contributed by atoms with E-state index in [0.717, 1.165) is 5.56 Å². The molecule has 2 N–H and O–H groups in total. The van der Waals surface area contributed by atoms with E-state index in [0.29, 0.717) is 0 Å². The SMILES string of the molecule is CC(C)(CO)[C@@H](O)c1ccccc1. The average molecular weight is 180 g/mol. The Hall–Kier alpha value is -0.860. The van der Waals surface area contributed by atoms with Gasteiger partial charge in [-0.2, -0.15) is 0 Å². The third-order valence-electron chi connectivity index (χ3n) is 2.26. The molecule has 1 atom stereocenters. The van der Waals surface area contributed by atoms with E-state index in [4.69, 9.17) is 5.11 Å². The maximum atomic E-state index is 9.89. The van der Waals surface area contributed by atoms with Crippen molar-refractivity contribution in [2.45, 2.75) is 20.0 Å². The molecule has 13 heavy (non-hydrogen) atoms. The van der Waals surface area contributed by atoms with E-state index in [1.54, 1.807) is 0 Å². The van der Waals surface area contributed by atoms with Crippen LogP contribution in [0.1, 0.15) is 25.5 Å². The summed E-state index contributed by atoms with van der Waals surface area (Å²) in [4.78, 5) is 0. The number of benzene rings is 1. The minimum atomic E-state index is -0.612. The Morgan fingerprint density at radius 2 is 1.77 bits per heavy atom. The van der Waals surface area contributed by atoms with Crippen LogP contribution in [0.2, 0.25) is 0 Å². The molecule has 72 valence electrons. The van der Waals surface area contributed by atoms with Gasteiger partial charge in [0.1, 0.15) is 0 Å². The summed E-state index contributed by atoms with van der Waals surface area (Å²) in [7, 11) is 0. The zero-order chi connectivity index (χ0) is 9.90. The Morgan fingerprint density at radius 1 is 1.23 bits per heavy atom.